The van der Waals surface area contributed by atoms with Crippen LogP contribution in [0.2, 0.25) is 0 Å². The van der Waals surface area contributed by atoms with Crippen LogP contribution in [-0.4, -0.2) is 81.6 Å². The van der Waals surface area contributed by atoms with Crippen molar-refractivity contribution in [2.24, 2.45) is 4.99 Å². The van der Waals surface area contributed by atoms with E-state index >= 15 is 0 Å². The van der Waals surface area contributed by atoms with Gasteiger partial charge in [0.15, 0.2) is 11.5 Å². The van der Waals surface area contributed by atoms with Crippen molar-refractivity contribution in [3.63, 3.8) is 0 Å². The van der Waals surface area contributed by atoms with Gasteiger partial charge in [-0.25, -0.2) is 0 Å². The molecule has 1 aromatic carbocycles. The summed E-state index contributed by atoms with van der Waals surface area (Å²) in [5.74, 6) is 2.36. The molecular weight excluding hydrogens is 464 g/mol. The number of fused-ring (bicyclic) bond motifs is 1. The van der Waals surface area contributed by atoms with Crippen LogP contribution in [0.15, 0.2) is 35.5 Å². The smallest absolute Gasteiger partial charge is 0.236 e. The number of nitrogens with one attached hydrogen (secondary N) is 1. The summed E-state index contributed by atoms with van der Waals surface area (Å²) < 4.78 is 11.1. The number of aliphatic imine (C=N–C) groups is 1. The quantitative estimate of drug-likeness (QED) is 0.461. The average Bonchev–Trinajstić information content (AvgIpc) is 3.63. The second kappa shape index (κ2) is 15.1. The first-order valence-corrected chi connectivity index (χ1v) is 14.3. The lowest BCUT2D eigenvalue weighted by atomic mass is 9.94. The fraction of sp³-hybridized carbons (Fsp3) is 0.667. The highest BCUT2D eigenvalue weighted by Gasteiger charge is 2.35. The molecule has 0 spiro atoms. The molecule has 7 nitrogen and oxygen atoms in total. The molecule has 2 unspecified atom stereocenters. The summed E-state index contributed by atoms with van der Waals surface area (Å²) in [5.41, 5.74) is 2.55. The molecule has 1 amide bonds. The minimum Gasteiger partial charge on any atom is -0.454 e. The Bertz CT molecular complexity index is 903. The fourth-order valence-corrected chi connectivity index (χ4v) is 5.12. The Hall–Kier alpha value is -2.38. The van der Waals surface area contributed by atoms with Gasteiger partial charge >= 0.3 is 0 Å². The molecule has 0 bridgehead atoms. The highest BCUT2D eigenvalue weighted by molar-refractivity contribution is 5.88. The van der Waals surface area contributed by atoms with Gasteiger partial charge in [-0.3, -0.25) is 14.7 Å². The number of likely N-dealkylation sites (tertiary alicyclic amines) is 1. The van der Waals surface area contributed by atoms with Crippen molar-refractivity contribution >= 4 is 11.6 Å². The van der Waals surface area contributed by atoms with Crippen molar-refractivity contribution in [1.29, 1.82) is 0 Å². The highest BCUT2D eigenvalue weighted by Crippen LogP contribution is 2.39. The van der Waals surface area contributed by atoms with Crippen molar-refractivity contribution in [1.82, 2.24) is 9.80 Å². The molecule has 0 radical (unpaired) electrons. The van der Waals surface area contributed by atoms with Gasteiger partial charge in [-0.15, -0.1) is 0 Å². The minimum atomic E-state index is 0.285. The number of benzene rings is 1. The molecule has 1 fully saturated rings. The zero-order valence-corrected chi connectivity index (χ0v) is 23.8. The highest BCUT2D eigenvalue weighted by atomic mass is 16.7. The van der Waals surface area contributed by atoms with Gasteiger partial charge in [0.2, 0.25) is 12.7 Å². The number of amides is 1. The van der Waals surface area contributed by atoms with E-state index in [0.717, 1.165) is 82.5 Å². The first kappa shape index (κ1) is 29.2. The number of carbonyl (C=O) groups is 1. The van der Waals surface area contributed by atoms with Gasteiger partial charge in [0.05, 0.1) is 27.7 Å². The van der Waals surface area contributed by atoms with E-state index in [1.807, 2.05) is 12.3 Å². The van der Waals surface area contributed by atoms with Gasteiger partial charge < -0.3 is 19.3 Å². The lowest BCUT2D eigenvalue weighted by Gasteiger charge is -2.28. The predicted molar refractivity (Wildman–Crippen MR) is 151 cm³/mol. The third kappa shape index (κ3) is 9.15. The third-order valence-electron chi connectivity index (χ3n) is 7.13. The Morgan fingerprint density at radius 3 is 2.46 bits per heavy atom. The molecule has 4 rings (SSSR count). The minimum absolute atomic E-state index is 0.285. The van der Waals surface area contributed by atoms with E-state index < -0.39 is 0 Å². The maximum Gasteiger partial charge on any atom is 0.236 e. The molecule has 2 atom stereocenters. The molecule has 1 saturated heterocycles. The monoisotopic (exact) mass is 513 g/mol. The molecule has 1 N–H and O–H groups in total. The van der Waals surface area contributed by atoms with E-state index in [2.05, 4.69) is 68.0 Å². The predicted octanol–water partition coefficient (Wildman–Crippen LogP) is 3.90. The van der Waals surface area contributed by atoms with E-state index in [4.69, 9.17) is 9.47 Å². The SMILES string of the molecule is CCCCN(CCCC)C(=O)CN1CC(c2ccc3c(c2)OCO3)CC1CCC1=NC=CC1.C[NH+](C)C. The second-order valence-corrected chi connectivity index (χ2v) is 11.0. The Morgan fingerprint density at radius 2 is 1.81 bits per heavy atom. The number of nitrogens with zero attached hydrogens (tertiary/aromatic N) is 3. The standard InChI is InChI=1S/C27H39N3O3.C3H9N/c1-3-5-14-29(15-6-4-2)27(31)19-30-18-22(16-24(30)11-10-23-8-7-13-28-23)21-9-12-25-26(17-21)33-20-32-25;1-4(2)3/h7,9,12-13,17,22,24H,3-6,8,10-11,14-16,18-20H2,1-2H3;1-3H3/p+1. The van der Waals surface area contributed by atoms with Gasteiger partial charge in [-0.2, -0.15) is 0 Å². The molecule has 7 heteroatoms. The summed E-state index contributed by atoms with van der Waals surface area (Å²) in [5, 5.41) is 0. The maximum atomic E-state index is 13.3. The number of carbonyl (C=O) groups excluding carboxylic acids is 1. The Balaban J connectivity index is 0.000000886. The van der Waals surface area contributed by atoms with Crippen molar-refractivity contribution in [3.8, 4) is 11.5 Å². The van der Waals surface area contributed by atoms with Gasteiger partial charge in [-0.05, 0) is 55.7 Å². The molecule has 3 aliphatic rings. The molecule has 3 heterocycles. The van der Waals surface area contributed by atoms with Crippen LogP contribution in [0.3, 0.4) is 0 Å². The molecule has 37 heavy (non-hydrogen) atoms. The lowest BCUT2D eigenvalue weighted by molar-refractivity contribution is -0.836. The molecule has 1 aromatic rings. The molecular formula is C30H49N4O3+. The average molecular weight is 514 g/mol. The molecule has 0 aromatic heterocycles. The first-order chi connectivity index (χ1) is 17.9. The number of hydrogen-bond donors (Lipinski definition) is 1. The first-order valence-electron chi connectivity index (χ1n) is 14.3. The zero-order chi connectivity index (χ0) is 26.6. The van der Waals surface area contributed by atoms with Crippen LogP contribution in [0, 0.1) is 0 Å². The summed E-state index contributed by atoms with van der Waals surface area (Å²) in [4.78, 5) is 23.8. The van der Waals surface area contributed by atoms with Gasteiger partial charge in [-0.1, -0.05) is 38.8 Å². The van der Waals surface area contributed by atoms with E-state index in [0.29, 0.717) is 25.3 Å². The van der Waals surface area contributed by atoms with E-state index in [-0.39, 0.29) is 5.91 Å². The molecule has 0 aliphatic carbocycles. The van der Waals surface area contributed by atoms with Crippen LogP contribution < -0.4 is 14.4 Å². The number of unbranched alkanes of at least 4 members (excludes halogenated alkanes) is 2. The van der Waals surface area contributed by atoms with E-state index in [9.17, 15) is 4.79 Å². The topological polar surface area (TPSA) is 58.8 Å². The van der Waals surface area contributed by atoms with Crippen LogP contribution >= 0.6 is 0 Å². The van der Waals surface area contributed by atoms with Crippen LogP contribution in [0.4, 0.5) is 0 Å². The normalized spacial score (nSPS) is 20.2. The fourth-order valence-electron chi connectivity index (χ4n) is 5.12. The van der Waals surface area contributed by atoms with Crippen molar-refractivity contribution in [2.75, 3.05) is 54.1 Å². The number of ether oxygens (including phenoxy) is 2. The molecule has 0 saturated carbocycles. The van der Waals surface area contributed by atoms with Crippen LogP contribution in [0.5, 0.6) is 11.5 Å². The van der Waals surface area contributed by atoms with Gasteiger partial charge in [0.25, 0.3) is 0 Å². The Kier molecular flexibility index (Phi) is 11.9. The van der Waals surface area contributed by atoms with Gasteiger partial charge in [0, 0.05) is 44.0 Å². The summed E-state index contributed by atoms with van der Waals surface area (Å²) in [7, 11) is 6.25. The Labute approximate surface area is 224 Å². The van der Waals surface area contributed by atoms with Crippen molar-refractivity contribution in [2.45, 2.75) is 77.2 Å². The molecule has 206 valence electrons. The number of rotatable bonds is 12. The van der Waals surface area contributed by atoms with E-state index in [1.54, 1.807) is 0 Å². The second-order valence-electron chi connectivity index (χ2n) is 11.0. The number of allylic oxidation sites excluding steroid dienone is 1. The summed E-state index contributed by atoms with van der Waals surface area (Å²) >= 11 is 0. The van der Waals surface area contributed by atoms with Crippen LogP contribution in [0.1, 0.15) is 76.7 Å². The molecule has 3 aliphatic heterocycles. The van der Waals surface area contributed by atoms with Crippen LogP contribution in [0.25, 0.3) is 0 Å². The van der Waals surface area contributed by atoms with Crippen molar-refractivity contribution in [3.05, 3.63) is 36.0 Å². The lowest BCUT2D eigenvalue weighted by Crippen LogP contribution is -3.02. The van der Waals surface area contributed by atoms with E-state index in [1.165, 1.54) is 16.2 Å². The summed E-state index contributed by atoms with van der Waals surface area (Å²) in [6.45, 7) is 7.86. The van der Waals surface area contributed by atoms with Crippen LogP contribution in [-0.2, 0) is 4.79 Å². The summed E-state index contributed by atoms with van der Waals surface area (Å²) in [6, 6.07) is 6.72. The largest absolute Gasteiger partial charge is 0.454 e. The number of quaternary nitrogens is 1. The van der Waals surface area contributed by atoms with Gasteiger partial charge in [0.1, 0.15) is 0 Å². The third-order valence-corrected chi connectivity index (χ3v) is 7.13. The maximum absolute atomic E-state index is 13.3. The van der Waals surface area contributed by atoms with Crippen molar-refractivity contribution < 1.29 is 19.2 Å². The zero-order valence-electron chi connectivity index (χ0n) is 23.8. The Morgan fingerprint density at radius 1 is 1.11 bits per heavy atom. The summed E-state index contributed by atoms with van der Waals surface area (Å²) in [6.07, 6.45) is 12.5. The number of hydrogen-bond acceptors (Lipinski definition) is 5.